The van der Waals surface area contributed by atoms with Crippen molar-refractivity contribution in [2.45, 2.75) is 26.9 Å². The Labute approximate surface area is 128 Å². The zero-order valence-corrected chi connectivity index (χ0v) is 13.5. The maximum atomic E-state index is 11.7. The molecule has 0 bridgehead atoms. The second kappa shape index (κ2) is 6.84. The van der Waals surface area contributed by atoms with Crippen LogP contribution in [0.2, 0.25) is 0 Å². The Kier molecular flexibility index (Phi) is 5.11. The zero-order valence-electron chi connectivity index (χ0n) is 12.7. The molecule has 0 radical (unpaired) electrons. The van der Waals surface area contributed by atoms with Crippen LogP contribution in [-0.2, 0) is 4.74 Å². The SMILES string of the molecule is CCOC(=O)N1CCN(c2snc(N)c2OC(C)C)CC1. The van der Waals surface area contributed by atoms with E-state index in [4.69, 9.17) is 15.2 Å². The molecule has 0 atom stereocenters. The summed E-state index contributed by atoms with van der Waals surface area (Å²) in [6.07, 6.45) is -0.206. The normalized spacial score (nSPS) is 15.4. The van der Waals surface area contributed by atoms with Crippen molar-refractivity contribution < 1.29 is 14.3 Å². The van der Waals surface area contributed by atoms with E-state index in [1.165, 1.54) is 11.5 Å². The number of amides is 1. The van der Waals surface area contributed by atoms with Crippen molar-refractivity contribution in [3.63, 3.8) is 0 Å². The molecule has 1 aliphatic rings. The van der Waals surface area contributed by atoms with E-state index in [9.17, 15) is 4.79 Å². The zero-order chi connectivity index (χ0) is 15.4. The molecule has 8 heteroatoms. The summed E-state index contributed by atoms with van der Waals surface area (Å²) in [6, 6.07) is 0. The van der Waals surface area contributed by atoms with Crippen LogP contribution in [0.25, 0.3) is 0 Å². The van der Waals surface area contributed by atoms with Gasteiger partial charge in [-0.15, -0.1) is 0 Å². The molecule has 0 saturated carbocycles. The van der Waals surface area contributed by atoms with Crippen molar-refractivity contribution in [1.29, 1.82) is 0 Å². The van der Waals surface area contributed by atoms with Crippen LogP contribution in [0.4, 0.5) is 15.6 Å². The first kappa shape index (κ1) is 15.7. The Morgan fingerprint density at radius 3 is 2.62 bits per heavy atom. The fourth-order valence-electron chi connectivity index (χ4n) is 2.14. The summed E-state index contributed by atoms with van der Waals surface area (Å²) in [4.78, 5) is 15.6. The van der Waals surface area contributed by atoms with Gasteiger partial charge in [-0.25, -0.2) is 4.79 Å². The fraction of sp³-hybridized carbons (Fsp3) is 0.692. The van der Waals surface area contributed by atoms with Crippen LogP contribution in [-0.4, -0.2) is 54.3 Å². The molecule has 2 heterocycles. The largest absolute Gasteiger partial charge is 0.484 e. The van der Waals surface area contributed by atoms with E-state index in [0.29, 0.717) is 31.3 Å². The van der Waals surface area contributed by atoms with Gasteiger partial charge in [0.05, 0.1) is 12.7 Å². The van der Waals surface area contributed by atoms with E-state index >= 15 is 0 Å². The lowest BCUT2D eigenvalue weighted by Gasteiger charge is -2.34. The molecular weight excluding hydrogens is 292 g/mol. The van der Waals surface area contributed by atoms with E-state index < -0.39 is 0 Å². The van der Waals surface area contributed by atoms with Crippen molar-refractivity contribution in [2.75, 3.05) is 43.4 Å². The molecule has 118 valence electrons. The topological polar surface area (TPSA) is 80.9 Å². The van der Waals surface area contributed by atoms with Gasteiger partial charge in [-0.1, -0.05) is 0 Å². The van der Waals surface area contributed by atoms with Crippen LogP contribution in [0, 0.1) is 0 Å². The summed E-state index contributed by atoms with van der Waals surface area (Å²) in [5.41, 5.74) is 5.87. The lowest BCUT2D eigenvalue weighted by molar-refractivity contribution is 0.105. The van der Waals surface area contributed by atoms with Gasteiger partial charge in [-0.3, -0.25) is 0 Å². The lowest BCUT2D eigenvalue weighted by atomic mass is 10.3. The third-order valence-corrected chi connectivity index (χ3v) is 4.01. The maximum Gasteiger partial charge on any atom is 0.409 e. The molecule has 1 amide bonds. The molecule has 1 aliphatic heterocycles. The molecule has 7 nitrogen and oxygen atoms in total. The predicted molar refractivity (Wildman–Crippen MR) is 83.1 cm³/mol. The van der Waals surface area contributed by atoms with E-state index in [1.807, 2.05) is 20.8 Å². The van der Waals surface area contributed by atoms with E-state index in [1.54, 1.807) is 4.90 Å². The van der Waals surface area contributed by atoms with Crippen molar-refractivity contribution in [3.8, 4) is 5.75 Å². The maximum absolute atomic E-state index is 11.7. The minimum absolute atomic E-state index is 0.0447. The molecule has 0 aromatic carbocycles. The van der Waals surface area contributed by atoms with Gasteiger partial charge >= 0.3 is 6.09 Å². The first-order valence-corrected chi connectivity index (χ1v) is 7.88. The molecule has 1 aromatic rings. The Hall–Kier alpha value is -1.70. The fourth-order valence-corrected chi connectivity index (χ4v) is 2.94. The third-order valence-electron chi connectivity index (χ3n) is 3.10. The second-order valence-electron chi connectivity index (χ2n) is 5.04. The number of ether oxygens (including phenoxy) is 2. The summed E-state index contributed by atoms with van der Waals surface area (Å²) >= 11 is 1.34. The number of nitrogen functional groups attached to an aromatic ring is 1. The van der Waals surface area contributed by atoms with Gasteiger partial charge in [0.25, 0.3) is 0 Å². The van der Waals surface area contributed by atoms with Crippen LogP contribution in [0.3, 0.4) is 0 Å². The van der Waals surface area contributed by atoms with Gasteiger partial charge < -0.3 is 25.0 Å². The van der Waals surface area contributed by atoms with Crippen LogP contribution >= 0.6 is 11.5 Å². The van der Waals surface area contributed by atoms with Crippen LogP contribution in [0.15, 0.2) is 0 Å². The number of carbonyl (C=O) groups excluding carboxylic acids is 1. The van der Waals surface area contributed by atoms with Crippen LogP contribution in [0.5, 0.6) is 5.75 Å². The smallest absolute Gasteiger partial charge is 0.409 e. The van der Waals surface area contributed by atoms with Crippen LogP contribution < -0.4 is 15.4 Å². The van der Waals surface area contributed by atoms with E-state index in [2.05, 4.69) is 9.27 Å². The van der Waals surface area contributed by atoms with Crippen molar-refractivity contribution in [1.82, 2.24) is 9.27 Å². The number of carbonyl (C=O) groups is 1. The molecular formula is C13H22N4O3S. The molecule has 2 rings (SSSR count). The minimum atomic E-state index is -0.250. The summed E-state index contributed by atoms with van der Waals surface area (Å²) in [6.45, 7) is 8.80. The number of hydrogen-bond acceptors (Lipinski definition) is 7. The number of rotatable bonds is 4. The molecule has 1 saturated heterocycles. The molecule has 0 aliphatic carbocycles. The monoisotopic (exact) mass is 314 g/mol. The predicted octanol–water partition coefficient (Wildman–Crippen LogP) is 1.79. The van der Waals surface area contributed by atoms with Gasteiger partial charge in [-0.2, -0.15) is 4.37 Å². The minimum Gasteiger partial charge on any atom is -0.484 e. The van der Waals surface area contributed by atoms with E-state index in [0.717, 1.165) is 18.1 Å². The summed E-state index contributed by atoms with van der Waals surface area (Å²) in [5, 5.41) is 0.935. The number of aromatic nitrogens is 1. The molecule has 21 heavy (non-hydrogen) atoms. The number of nitrogens with zero attached hydrogens (tertiary/aromatic N) is 3. The highest BCUT2D eigenvalue weighted by atomic mass is 32.1. The lowest BCUT2D eigenvalue weighted by Crippen LogP contribution is -2.48. The number of nitrogens with two attached hydrogens (primary N) is 1. The summed E-state index contributed by atoms with van der Waals surface area (Å²) in [7, 11) is 0. The highest BCUT2D eigenvalue weighted by molar-refractivity contribution is 7.11. The highest BCUT2D eigenvalue weighted by Crippen LogP contribution is 2.39. The van der Waals surface area contributed by atoms with Crippen molar-refractivity contribution in [3.05, 3.63) is 0 Å². The Morgan fingerprint density at radius 2 is 2.05 bits per heavy atom. The first-order valence-electron chi connectivity index (χ1n) is 7.11. The van der Waals surface area contributed by atoms with Crippen LogP contribution in [0.1, 0.15) is 20.8 Å². The van der Waals surface area contributed by atoms with Crippen molar-refractivity contribution >= 4 is 28.4 Å². The summed E-state index contributed by atoms with van der Waals surface area (Å²) in [5.74, 6) is 1.08. The average Bonchev–Trinajstić information content (AvgIpc) is 2.80. The highest BCUT2D eigenvalue weighted by Gasteiger charge is 2.26. The number of anilines is 2. The number of piperazine rings is 1. The Bertz CT molecular complexity index is 484. The molecule has 1 aromatic heterocycles. The average molecular weight is 314 g/mol. The molecule has 2 N–H and O–H groups in total. The van der Waals surface area contributed by atoms with Gasteiger partial charge in [0.2, 0.25) is 0 Å². The third kappa shape index (κ3) is 3.69. The Balaban J connectivity index is 2.01. The number of hydrogen-bond donors (Lipinski definition) is 1. The van der Waals surface area contributed by atoms with Gasteiger partial charge in [-0.05, 0) is 32.3 Å². The van der Waals surface area contributed by atoms with Gasteiger partial charge in [0.1, 0.15) is 0 Å². The van der Waals surface area contributed by atoms with Gasteiger partial charge in [0.15, 0.2) is 16.6 Å². The van der Waals surface area contributed by atoms with Gasteiger partial charge in [0, 0.05) is 26.2 Å². The standard InChI is InChI=1S/C13H22N4O3S/c1-4-19-13(18)17-7-5-16(6-8-17)12-10(20-9(2)3)11(14)15-21-12/h9H,4-8H2,1-3H3,(H2,14,15). The Morgan fingerprint density at radius 1 is 1.38 bits per heavy atom. The molecule has 0 unspecified atom stereocenters. The first-order chi connectivity index (χ1) is 10.0. The summed E-state index contributed by atoms with van der Waals surface area (Å²) < 4.78 is 15.0. The molecule has 0 spiro atoms. The van der Waals surface area contributed by atoms with Crippen molar-refractivity contribution in [2.24, 2.45) is 0 Å². The molecule has 1 fully saturated rings. The van der Waals surface area contributed by atoms with E-state index in [-0.39, 0.29) is 12.2 Å². The second-order valence-corrected chi connectivity index (χ2v) is 5.79. The quantitative estimate of drug-likeness (QED) is 0.912.